The first kappa shape index (κ1) is 25.3. The Kier molecular flexibility index (Phi) is 7.84. The smallest absolute Gasteiger partial charge is 0.224 e. The molecule has 5 aromatic rings. The van der Waals surface area contributed by atoms with Crippen LogP contribution in [-0.2, 0) is 24.3 Å². The molecule has 5 rings (SSSR count). The van der Waals surface area contributed by atoms with Crippen LogP contribution in [0.2, 0.25) is 0 Å². The second-order valence-corrected chi connectivity index (χ2v) is 9.66. The van der Waals surface area contributed by atoms with Gasteiger partial charge in [0.25, 0.3) is 0 Å². The summed E-state index contributed by atoms with van der Waals surface area (Å²) in [6.07, 6.45) is 1.17. The summed E-state index contributed by atoms with van der Waals surface area (Å²) in [6.45, 7) is 5.90. The van der Waals surface area contributed by atoms with Gasteiger partial charge >= 0.3 is 0 Å². The van der Waals surface area contributed by atoms with Crippen LogP contribution in [0.15, 0.2) is 97.1 Å². The van der Waals surface area contributed by atoms with Gasteiger partial charge in [-0.3, -0.25) is 4.79 Å². The van der Waals surface area contributed by atoms with E-state index < -0.39 is 0 Å². The third kappa shape index (κ3) is 6.12. The average Bonchev–Trinajstić information content (AvgIpc) is 3.30. The fourth-order valence-corrected chi connectivity index (χ4v) is 4.65. The largest absolute Gasteiger partial charge is 0.493 e. The summed E-state index contributed by atoms with van der Waals surface area (Å²) in [5.41, 5.74) is 7.63. The van der Waals surface area contributed by atoms with E-state index in [2.05, 4.69) is 72.3 Å². The number of hydrogen-bond donors (Lipinski definition) is 1. The van der Waals surface area contributed by atoms with E-state index in [-0.39, 0.29) is 5.91 Å². The number of fused-ring (bicyclic) bond motifs is 1. The minimum atomic E-state index is -0.0191. The molecular weight excluding hydrogens is 470 g/mol. The Bertz CT molecular complexity index is 1520. The molecule has 0 aliphatic heterocycles. The molecular formula is C33H33N3O2. The monoisotopic (exact) mass is 503 g/mol. The molecule has 5 heteroatoms. The molecule has 192 valence electrons. The Hall–Kier alpha value is -4.38. The number of para-hydroxylation sites is 2. The minimum absolute atomic E-state index is 0.0191. The van der Waals surface area contributed by atoms with Crippen LogP contribution in [0.4, 0.5) is 0 Å². The highest BCUT2D eigenvalue weighted by Gasteiger charge is 2.12. The molecule has 4 aromatic carbocycles. The number of rotatable bonds is 10. The molecule has 0 bridgehead atoms. The molecule has 0 atom stereocenters. The van der Waals surface area contributed by atoms with Crippen molar-refractivity contribution in [3.05, 3.63) is 120 Å². The summed E-state index contributed by atoms with van der Waals surface area (Å²) in [5.74, 6) is 1.77. The summed E-state index contributed by atoms with van der Waals surface area (Å²) in [6, 6.07) is 32.8. The zero-order valence-corrected chi connectivity index (χ0v) is 22.0. The number of carbonyl (C=O) groups is 1. The highest BCUT2D eigenvalue weighted by molar-refractivity contribution is 5.79. The molecule has 1 N–H and O–H groups in total. The van der Waals surface area contributed by atoms with Gasteiger partial charge in [0.2, 0.25) is 5.91 Å². The van der Waals surface area contributed by atoms with E-state index in [1.54, 1.807) is 0 Å². The molecule has 38 heavy (non-hydrogen) atoms. The van der Waals surface area contributed by atoms with Gasteiger partial charge in [-0.2, -0.15) is 0 Å². The normalized spacial score (nSPS) is 11.0. The Morgan fingerprint density at radius 1 is 0.868 bits per heavy atom. The van der Waals surface area contributed by atoms with Gasteiger partial charge in [0.15, 0.2) is 0 Å². The molecule has 0 spiro atoms. The minimum Gasteiger partial charge on any atom is -0.493 e. The number of nitrogens with one attached hydrogen (secondary N) is 1. The number of carbonyl (C=O) groups excluding carboxylic acids is 1. The summed E-state index contributed by atoms with van der Waals surface area (Å²) in [5, 5.41) is 3.07. The molecule has 0 saturated heterocycles. The molecule has 0 unspecified atom stereocenters. The first-order valence-electron chi connectivity index (χ1n) is 13.1. The van der Waals surface area contributed by atoms with Crippen molar-refractivity contribution in [2.24, 2.45) is 0 Å². The summed E-state index contributed by atoms with van der Waals surface area (Å²) in [7, 11) is 0. The first-order chi connectivity index (χ1) is 18.6. The molecule has 5 nitrogen and oxygen atoms in total. The summed E-state index contributed by atoms with van der Waals surface area (Å²) in [4.78, 5) is 17.6. The predicted octanol–water partition coefficient (Wildman–Crippen LogP) is 6.65. The Labute approximate surface area is 224 Å². The SMILES string of the molecule is Cc1ccc(C)c(OCCCn2c(CNC(=O)Cc3ccc(-c4ccccc4)cc3)nc3ccccc32)c1. The highest BCUT2D eigenvalue weighted by Crippen LogP contribution is 2.21. The van der Waals surface area contributed by atoms with Crippen molar-refractivity contribution in [2.75, 3.05) is 6.61 Å². The van der Waals surface area contributed by atoms with E-state index in [4.69, 9.17) is 9.72 Å². The predicted molar refractivity (Wildman–Crippen MR) is 153 cm³/mol. The Morgan fingerprint density at radius 3 is 2.42 bits per heavy atom. The fourth-order valence-electron chi connectivity index (χ4n) is 4.65. The average molecular weight is 504 g/mol. The standard InChI is InChI=1S/C33H33N3O2/c1-24-13-14-25(2)31(21-24)38-20-8-19-36-30-12-7-6-11-29(30)35-32(36)23-34-33(37)22-26-15-17-28(18-16-26)27-9-4-3-5-10-27/h3-7,9-18,21H,8,19-20,22-23H2,1-2H3,(H,34,37). The van der Waals surface area contributed by atoms with Crippen molar-refractivity contribution in [3.63, 3.8) is 0 Å². The van der Waals surface area contributed by atoms with Crippen LogP contribution in [0, 0.1) is 13.8 Å². The zero-order valence-electron chi connectivity index (χ0n) is 22.0. The number of benzene rings is 4. The van der Waals surface area contributed by atoms with Crippen molar-refractivity contribution in [1.82, 2.24) is 14.9 Å². The van der Waals surface area contributed by atoms with Crippen molar-refractivity contribution >= 4 is 16.9 Å². The van der Waals surface area contributed by atoms with Crippen LogP contribution < -0.4 is 10.1 Å². The molecule has 0 aliphatic carbocycles. The van der Waals surface area contributed by atoms with Gasteiger partial charge in [-0.25, -0.2) is 4.98 Å². The number of imidazole rings is 1. The van der Waals surface area contributed by atoms with Gasteiger partial charge in [-0.05, 0) is 66.3 Å². The van der Waals surface area contributed by atoms with Crippen molar-refractivity contribution in [3.8, 4) is 16.9 Å². The lowest BCUT2D eigenvalue weighted by Gasteiger charge is -2.13. The molecule has 1 aromatic heterocycles. The maximum atomic E-state index is 12.8. The van der Waals surface area contributed by atoms with Gasteiger partial charge in [-0.1, -0.05) is 78.9 Å². The second-order valence-electron chi connectivity index (χ2n) is 9.66. The zero-order chi connectivity index (χ0) is 26.3. The van der Waals surface area contributed by atoms with Crippen LogP contribution in [0.25, 0.3) is 22.2 Å². The van der Waals surface area contributed by atoms with Gasteiger partial charge in [-0.15, -0.1) is 0 Å². The number of nitrogens with zero attached hydrogens (tertiary/aromatic N) is 2. The molecule has 0 fully saturated rings. The van der Waals surface area contributed by atoms with Crippen LogP contribution >= 0.6 is 0 Å². The number of ether oxygens (including phenoxy) is 1. The Morgan fingerprint density at radius 2 is 1.61 bits per heavy atom. The Balaban J connectivity index is 1.19. The van der Waals surface area contributed by atoms with E-state index in [1.807, 2.05) is 48.5 Å². The van der Waals surface area contributed by atoms with Gasteiger partial charge in [0, 0.05) is 6.54 Å². The van der Waals surface area contributed by atoms with Crippen LogP contribution in [0.3, 0.4) is 0 Å². The summed E-state index contributed by atoms with van der Waals surface area (Å²) < 4.78 is 8.26. The van der Waals surface area contributed by atoms with E-state index in [0.29, 0.717) is 19.6 Å². The second kappa shape index (κ2) is 11.8. The number of amides is 1. The van der Waals surface area contributed by atoms with E-state index in [0.717, 1.165) is 52.3 Å². The van der Waals surface area contributed by atoms with E-state index in [9.17, 15) is 4.79 Å². The third-order valence-electron chi connectivity index (χ3n) is 6.73. The lowest BCUT2D eigenvalue weighted by molar-refractivity contribution is -0.120. The molecule has 0 saturated carbocycles. The van der Waals surface area contributed by atoms with Gasteiger partial charge in [0.1, 0.15) is 11.6 Å². The maximum Gasteiger partial charge on any atom is 0.224 e. The van der Waals surface area contributed by atoms with Gasteiger partial charge in [0.05, 0.1) is 30.6 Å². The molecule has 1 heterocycles. The van der Waals surface area contributed by atoms with Crippen molar-refractivity contribution in [2.45, 2.75) is 39.8 Å². The van der Waals surface area contributed by atoms with Crippen molar-refractivity contribution < 1.29 is 9.53 Å². The first-order valence-corrected chi connectivity index (χ1v) is 13.1. The van der Waals surface area contributed by atoms with Crippen LogP contribution in [0.1, 0.15) is 28.9 Å². The number of aromatic nitrogens is 2. The van der Waals surface area contributed by atoms with E-state index >= 15 is 0 Å². The lowest BCUT2D eigenvalue weighted by Crippen LogP contribution is -2.26. The van der Waals surface area contributed by atoms with Crippen LogP contribution in [-0.4, -0.2) is 22.1 Å². The quantitative estimate of drug-likeness (QED) is 0.217. The number of hydrogen-bond acceptors (Lipinski definition) is 3. The van der Waals surface area contributed by atoms with Crippen molar-refractivity contribution in [1.29, 1.82) is 0 Å². The maximum absolute atomic E-state index is 12.8. The third-order valence-corrected chi connectivity index (χ3v) is 6.73. The van der Waals surface area contributed by atoms with Crippen LogP contribution in [0.5, 0.6) is 5.75 Å². The van der Waals surface area contributed by atoms with Gasteiger partial charge < -0.3 is 14.6 Å². The molecule has 0 radical (unpaired) electrons. The molecule has 1 amide bonds. The number of aryl methyl sites for hydroxylation is 3. The lowest BCUT2D eigenvalue weighted by atomic mass is 10.0. The summed E-state index contributed by atoms with van der Waals surface area (Å²) >= 11 is 0. The fraction of sp³-hybridized carbons (Fsp3) is 0.212. The highest BCUT2D eigenvalue weighted by atomic mass is 16.5. The topological polar surface area (TPSA) is 56.1 Å². The molecule has 0 aliphatic rings. The van der Waals surface area contributed by atoms with E-state index in [1.165, 1.54) is 11.1 Å².